The first kappa shape index (κ1) is 27.4. The molecule has 34 heavy (non-hydrogen) atoms. The van der Waals surface area contributed by atoms with E-state index < -0.39 is 23.6 Å². The van der Waals surface area contributed by atoms with Gasteiger partial charge in [0, 0.05) is 12.0 Å². The van der Waals surface area contributed by atoms with Crippen molar-refractivity contribution in [1.29, 1.82) is 0 Å². The van der Waals surface area contributed by atoms with Crippen LogP contribution >= 0.6 is 13.5 Å². The van der Waals surface area contributed by atoms with Crippen LogP contribution < -0.4 is 10.6 Å². The number of ketones is 1. The minimum Gasteiger partial charge on any atom is -0.508 e. The monoisotopic (exact) mass is 486 g/mol. The van der Waals surface area contributed by atoms with Crippen LogP contribution in [0.3, 0.4) is 0 Å². The minimum absolute atomic E-state index is 0. The largest absolute Gasteiger partial charge is 0.508 e. The number of phenols is 1. The molecule has 2 amide bonds. The number of carbonyl (C=O) groups is 3. The average Bonchev–Trinajstić information content (AvgIpc) is 3.01. The normalized spacial score (nSPS) is 20.9. The maximum absolute atomic E-state index is 13.2. The van der Waals surface area contributed by atoms with E-state index in [1.54, 1.807) is 38.1 Å². The maximum atomic E-state index is 13.2. The van der Waals surface area contributed by atoms with Crippen molar-refractivity contribution in [2.75, 3.05) is 6.61 Å². The summed E-state index contributed by atoms with van der Waals surface area (Å²) in [5, 5.41) is 15.2. The number of nitrogens with one attached hydrogen (secondary N) is 2. The molecule has 1 aliphatic rings. The number of carbonyl (C=O) groups excluding carboxylic acids is 3. The predicted molar refractivity (Wildman–Crippen MR) is 136 cm³/mol. The Labute approximate surface area is 207 Å². The summed E-state index contributed by atoms with van der Waals surface area (Å²) in [6.07, 6.45) is -0.291. The molecular formula is C26H34N2O5S. The summed E-state index contributed by atoms with van der Waals surface area (Å²) in [5.74, 6) is -0.967. The Balaban J connectivity index is 0.00000408. The molecule has 2 aromatic rings. The van der Waals surface area contributed by atoms with Crippen molar-refractivity contribution in [2.24, 2.45) is 0 Å². The second kappa shape index (κ2) is 10.6. The van der Waals surface area contributed by atoms with Crippen LogP contribution in [0.4, 0.5) is 0 Å². The molecule has 1 aliphatic heterocycles. The van der Waals surface area contributed by atoms with E-state index in [0.717, 1.165) is 11.1 Å². The molecule has 0 bridgehead atoms. The number of rotatable bonds is 6. The number of hydrogen-bond acceptors (Lipinski definition) is 5. The highest BCUT2D eigenvalue weighted by Gasteiger charge is 2.47. The van der Waals surface area contributed by atoms with Crippen molar-refractivity contribution in [2.45, 2.75) is 64.1 Å². The van der Waals surface area contributed by atoms with Crippen molar-refractivity contribution < 1.29 is 24.2 Å². The predicted octanol–water partition coefficient (Wildman–Crippen LogP) is 3.01. The van der Waals surface area contributed by atoms with Gasteiger partial charge in [0.15, 0.2) is 5.78 Å². The van der Waals surface area contributed by atoms with Crippen LogP contribution in [0.1, 0.15) is 56.1 Å². The van der Waals surface area contributed by atoms with E-state index in [9.17, 15) is 19.5 Å². The quantitative estimate of drug-likeness (QED) is 0.582. The average molecular weight is 487 g/mol. The Hall–Kier alpha value is -2.84. The number of Topliss-reactive ketones (excluding diaryl/α,β-unsaturated/α-hetero) is 1. The lowest BCUT2D eigenvalue weighted by molar-refractivity contribution is -0.130. The Morgan fingerprint density at radius 2 is 1.71 bits per heavy atom. The lowest BCUT2D eigenvalue weighted by Gasteiger charge is -2.30. The smallest absolute Gasteiger partial charge is 0.251 e. The van der Waals surface area contributed by atoms with E-state index in [4.69, 9.17) is 4.74 Å². The van der Waals surface area contributed by atoms with Gasteiger partial charge in [-0.25, -0.2) is 0 Å². The first-order valence-corrected chi connectivity index (χ1v) is 11.1. The molecule has 1 saturated heterocycles. The molecule has 3 atom stereocenters. The first-order chi connectivity index (χ1) is 15.4. The number of phenolic OH excluding ortho intramolecular Hbond substituents is 1. The number of ether oxygens (including phenoxy) is 1. The zero-order valence-corrected chi connectivity index (χ0v) is 21.3. The molecule has 0 aliphatic carbocycles. The number of aromatic hydroxyl groups is 1. The second-order valence-electron chi connectivity index (χ2n) is 9.79. The fraction of sp³-hybridized carbons (Fsp3) is 0.423. The highest BCUT2D eigenvalue weighted by molar-refractivity contribution is 7.59. The van der Waals surface area contributed by atoms with Gasteiger partial charge in [0.05, 0.1) is 6.10 Å². The van der Waals surface area contributed by atoms with Crippen LogP contribution in [0.25, 0.3) is 0 Å². The summed E-state index contributed by atoms with van der Waals surface area (Å²) < 4.78 is 5.40. The van der Waals surface area contributed by atoms with Crippen LogP contribution in [0.5, 0.6) is 5.75 Å². The Kier molecular flexibility index (Phi) is 8.55. The third-order valence-electron chi connectivity index (χ3n) is 6.25. The van der Waals surface area contributed by atoms with Gasteiger partial charge in [-0.15, -0.1) is 0 Å². The molecule has 7 nitrogen and oxygen atoms in total. The molecule has 0 radical (unpaired) electrons. The molecule has 0 unspecified atom stereocenters. The van der Waals surface area contributed by atoms with Crippen molar-refractivity contribution >= 4 is 31.1 Å². The zero-order chi connectivity index (χ0) is 24.4. The highest BCUT2D eigenvalue weighted by Crippen LogP contribution is 2.24. The molecule has 3 rings (SSSR count). The Morgan fingerprint density at radius 3 is 2.21 bits per heavy atom. The van der Waals surface area contributed by atoms with E-state index in [1.807, 2.05) is 12.1 Å². The van der Waals surface area contributed by atoms with E-state index in [-0.39, 0.29) is 49.4 Å². The van der Waals surface area contributed by atoms with Crippen molar-refractivity contribution in [1.82, 2.24) is 10.6 Å². The lowest BCUT2D eigenvalue weighted by Crippen LogP contribution is -2.60. The standard InChI is InChI=1S/C26H32N2O5.H2S/c1-16-26(5,22(30)15-33-16)28-24(32)21(14-17-6-12-20(29)13-7-17)27-23(31)18-8-10-19(11-9-18)25(2,3)4;/h6-13,16,21,29H,14-15H2,1-5H3,(H,27,31)(H,28,32);1H2/t16-,21+,26-;/m1./s1. The lowest BCUT2D eigenvalue weighted by atomic mass is 9.86. The van der Waals surface area contributed by atoms with Gasteiger partial charge in [-0.05, 0) is 54.7 Å². The van der Waals surface area contributed by atoms with Gasteiger partial charge in [-0.2, -0.15) is 13.5 Å². The van der Waals surface area contributed by atoms with Crippen LogP contribution in [-0.4, -0.2) is 47.0 Å². The summed E-state index contributed by atoms with van der Waals surface area (Å²) in [6.45, 7) is 9.58. The summed E-state index contributed by atoms with van der Waals surface area (Å²) >= 11 is 0. The molecule has 3 N–H and O–H groups in total. The summed E-state index contributed by atoms with van der Waals surface area (Å²) in [4.78, 5) is 38.6. The molecule has 0 saturated carbocycles. The molecule has 2 aromatic carbocycles. The molecule has 8 heteroatoms. The van der Waals surface area contributed by atoms with Gasteiger partial charge >= 0.3 is 0 Å². The fourth-order valence-electron chi connectivity index (χ4n) is 3.70. The van der Waals surface area contributed by atoms with Crippen LogP contribution in [0, 0.1) is 0 Å². The topological polar surface area (TPSA) is 105 Å². The minimum atomic E-state index is -1.16. The van der Waals surface area contributed by atoms with E-state index >= 15 is 0 Å². The SMILES string of the molecule is C[C@H]1OCC(=O)[C@]1(C)NC(=O)[C@H](Cc1ccc(O)cc1)NC(=O)c1ccc(C(C)(C)C)cc1.S. The highest BCUT2D eigenvalue weighted by atomic mass is 32.1. The summed E-state index contributed by atoms with van der Waals surface area (Å²) in [7, 11) is 0. The van der Waals surface area contributed by atoms with Gasteiger partial charge in [0.2, 0.25) is 5.91 Å². The summed E-state index contributed by atoms with van der Waals surface area (Å²) in [6, 6.07) is 12.8. The molecule has 0 aromatic heterocycles. The number of hydrogen-bond donors (Lipinski definition) is 3. The molecular weight excluding hydrogens is 452 g/mol. The zero-order valence-electron chi connectivity index (χ0n) is 20.3. The number of benzene rings is 2. The van der Waals surface area contributed by atoms with Gasteiger partial charge < -0.3 is 20.5 Å². The van der Waals surface area contributed by atoms with Crippen molar-refractivity contribution in [3.05, 3.63) is 65.2 Å². The Morgan fingerprint density at radius 1 is 1.12 bits per heavy atom. The van der Waals surface area contributed by atoms with Crippen LogP contribution in [0.15, 0.2) is 48.5 Å². The van der Waals surface area contributed by atoms with E-state index in [1.165, 1.54) is 12.1 Å². The van der Waals surface area contributed by atoms with Crippen LogP contribution in [-0.2, 0) is 26.2 Å². The van der Waals surface area contributed by atoms with E-state index in [0.29, 0.717) is 5.56 Å². The molecule has 0 spiro atoms. The van der Waals surface area contributed by atoms with Crippen molar-refractivity contribution in [3.63, 3.8) is 0 Å². The maximum Gasteiger partial charge on any atom is 0.251 e. The third kappa shape index (κ3) is 6.18. The molecule has 184 valence electrons. The fourth-order valence-corrected chi connectivity index (χ4v) is 3.70. The first-order valence-electron chi connectivity index (χ1n) is 11.1. The van der Waals surface area contributed by atoms with Gasteiger partial charge in [0.1, 0.15) is 23.9 Å². The third-order valence-corrected chi connectivity index (χ3v) is 6.25. The van der Waals surface area contributed by atoms with E-state index in [2.05, 4.69) is 31.4 Å². The second-order valence-corrected chi connectivity index (χ2v) is 9.79. The van der Waals surface area contributed by atoms with Gasteiger partial charge in [-0.1, -0.05) is 45.0 Å². The van der Waals surface area contributed by atoms with Crippen LogP contribution in [0.2, 0.25) is 0 Å². The molecule has 1 heterocycles. The molecule has 1 fully saturated rings. The van der Waals surface area contributed by atoms with Gasteiger partial charge in [0.25, 0.3) is 5.91 Å². The summed E-state index contributed by atoms with van der Waals surface area (Å²) in [5.41, 5.74) is 1.08. The Bertz CT molecular complexity index is 1030. The van der Waals surface area contributed by atoms with Gasteiger partial charge in [-0.3, -0.25) is 14.4 Å². The number of amides is 2. The van der Waals surface area contributed by atoms with Crippen molar-refractivity contribution in [3.8, 4) is 5.75 Å².